The van der Waals surface area contributed by atoms with Crippen molar-refractivity contribution in [3.05, 3.63) is 58.8 Å². The number of esters is 1. The van der Waals surface area contributed by atoms with Gasteiger partial charge in [-0.05, 0) is 62.2 Å². The van der Waals surface area contributed by atoms with Crippen molar-refractivity contribution in [2.24, 2.45) is 5.10 Å². The van der Waals surface area contributed by atoms with E-state index in [0.717, 1.165) is 5.56 Å². The first kappa shape index (κ1) is 29.1. The van der Waals surface area contributed by atoms with Crippen molar-refractivity contribution >= 4 is 18.2 Å². The Labute approximate surface area is 226 Å². The number of rotatable bonds is 13. The Hall–Kier alpha value is -4.45. The number of hydrazone groups is 1. The van der Waals surface area contributed by atoms with Gasteiger partial charge in [0.15, 0.2) is 29.2 Å². The molecule has 12 nitrogen and oxygen atoms in total. The van der Waals surface area contributed by atoms with Gasteiger partial charge in [0.2, 0.25) is 0 Å². The van der Waals surface area contributed by atoms with Crippen LogP contribution in [0.25, 0.3) is 0 Å². The van der Waals surface area contributed by atoms with Crippen molar-refractivity contribution in [3.8, 4) is 23.0 Å². The van der Waals surface area contributed by atoms with E-state index in [4.69, 9.17) is 23.7 Å². The van der Waals surface area contributed by atoms with E-state index in [0.29, 0.717) is 47.5 Å². The predicted octanol–water partition coefficient (Wildman–Crippen LogP) is 2.61. The average molecular weight is 543 g/mol. The van der Waals surface area contributed by atoms with Gasteiger partial charge in [0, 0.05) is 5.70 Å². The highest BCUT2D eigenvalue weighted by Gasteiger charge is 2.32. The molecule has 1 heterocycles. The third-order valence-corrected chi connectivity index (χ3v) is 5.60. The van der Waals surface area contributed by atoms with Gasteiger partial charge in [0.25, 0.3) is 0 Å². The van der Waals surface area contributed by atoms with Crippen molar-refractivity contribution in [3.63, 3.8) is 0 Å². The van der Waals surface area contributed by atoms with Gasteiger partial charge in [-0.3, -0.25) is 5.43 Å². The number of ether oxygens (including phenoxy) is 5. The lowest BCUT2D eigenvalue weighted by Gasteiger charge is -2.28. The fourth-order valence-electron chi connectivity index (χ4n) is 3.86. The van der Waals surface area contributed by atoms with Crippen LogP contribution in [0.15, 0.2) is 52.8 Å². The summed E-state index contributed by atoms with van der Waals surface area (Å²) >= 11 is 0. The van der Waals surface area contributed by atoms with E-state index >= 15 is 0 Å². The van der Waals surface area contributed by atoms with Crippen molar-refractivity contribution in [2.45, 2.75) is 33.0 Å². The minimum Gasteiger partial charge on any atom is -0.493 e. The van der Waals surface area contributed by atoms with Crippen molar-refractivity contribution in [1.82, 2.24) is 16.1 Å². The molecule has 1 aliphatic heterocycles. The van der Waals surface area contributed by atoms with Gasteiger partial charge in [-0.25, -0.2) is 9.59 Å². The lowest BCUT2D eigenvalue weighted by atomic mass is 9.95. The monoisotopic (exact) mass is 542 g/mol. The molecule has 4 N–H and O–H groups in total. The van der Waals surface area contributed by atoms with Gasteiger partial charge in [-0.15, -0.1) is 0 Å². The summed E-state index contributed by atoms with van der Waals surface area (Å²) < 4.78 is 27.2. The number of nitrogens with one attached hydrogen (secondary N) is 3. The summed E-state index contributed by atoms with van der Waals surface area (Å²) in [6, 6.07) is 9.17. The largest absolute Gasteiger partial charge is 0.493 e. The molecule has 2 atom stereocenters. The van der Waals surface area contributed by atoms with E-state index in [1.54, 1.807) is 50.4 Å². The van der Waals surface area contributed by atoms with Crippen LogP contribution in [0, 0.1) is 0 Å². The van der Waals surface area contributed by atoms with Crippen LogP contribution in [-0.2, 0) is 9.53 Å². The summed E-state index contributed by atoms with van der Waals surface area (Å²) in [5.74, 6) is 1.38. The number of methoxy groups -OCH3 is 2. The first-order valence-electron chi connectivity index (χ1n) is 12.3. The summed E-state index contributed by atoms with van der Waals surface area (Å²) in [5.41, 5.74) is 4.61. The molecule has 0 saturated carbocycles. The number of carbonyl (C=O) groups is 2. The molecule has 0 aromatic heterocycles. The highest BCUT2D eigenvalue weighted by molar-refractivity contribution is 5.95. The van der Waals surface area contributed by atoms with Gasteiger partial charge in [-0.1, -0.05) is 6.07 Å². The van der Waals surface area contributed by atoms with Crippen LogP contribution in [0.3, 0.4) is 0 Å². The van der Waals surface area contributed by atoms with E-state index in [-0.39, 0.29) is 12.2 Å². The molecule has 1 aliphatic rings. The van der Waals surface area contributed by atoms with Gasteiger partial charge >= 0.3 is 12.0 Å². The zero-order chi connectivity index (χ0) is 28.4. The second kappa shape index (κ2) is 13.9. The molecular formula is C27H34N4O8. The quantitative estimate of drug-likeness (QED) is 0.130. The van der Waals surface area contributed by atoms with Crippen LogP contribution in [0.5, 0.6) is 23.0 Å². The Kier molecular flexibility index (Phi) is 10.4. The molecule has 0 aliphatic carbocycles. The van der Waals surface area contributed by atoms with Crippen LogP contribution in [-0.4, -0.2) is 63.6 Å². The summed E-state index contributed by atoms with van der Waals surface area (Å²) in [6.07, 6.45) is 0.410. The van der Waals surface area contributed by atoms with E-state index in [9.17, 15) is 14.7 Å². The molecule has 0 fully saturated rings. The topological polar surface area (TPSA) is 149 Å². The van der Waals surface area contributed by atoms with Crippen LogP contribution < -0.4 is 35.0 Å². The summed E-state index contributed by atoms with van der Waals surface area (Å²) in [5, 5.41) is 19.7. The number of amides is 2. The molecule has 2 aromatic carbocycles. The second-order valence-electron chi connectivity index (χ2n) is 8.26. The fraction of sp³-hybridized carbons (Fsp3) is 0.370. The van der Waals surface area contributed by atoms with E-state index < -0.39 is 24.3 Å². The first-order valence-corrected chi connectivity index (χ1v) is 12.3. The zero-order valence-corrected chi connectivity index (χ0v) is 22.6. The molecule has 210 valence electrons. The van der Waals surface area contributed by atoms with Crippen LogP contribution in [0.2, 0.25) is 0 Å². The molecular weight excluding hydrogens is 508 g/mol. The molecule has 0 saturated heterocycles. The lowest BCUT2D eigenvalue weighted by molar-refractivity contribution is -0.136. The second-order valence-corrected chi connectivity index (χ2v) is 8.26. The van der Waals surface area contributed by atoms with Gasteiger partial charge in [0.1, 0.15) is 6.61 Å². The Balaban J connectivity index is 1.68. The Morgan fingerprint density at radius 2 is 1.74 bits per heavy atom. The van der Waals surface area contributed by atoms with Gasteiger partial charge < -0.3 is 39.4 Å². The number of hydrogen-bond acceptors (Lipinski definition) is 10. The van der Waals surface area contributed by atoms with Crippen LogP contribution in [0.1, 0.15) is 37.9 Å². The van der Waals surface area contributed by atoms with E-state index in [2.05, 4.69) is 21.2 Å². The molecule has 0 unspecified atom stereocenters. The summed E-state index contributed by atoms with van der Waals surface area (Å²) in [7, 11) is 2.84. The van der Waals surface area contributed by atoms with Gasteiger partial charge in [0.05, 0.1) is 45.3 Å². The molecule has 0 bridgehead atoms. The van der Waals surface area contributed by atoms with Crippen LogP contribution in [0.4, 0.5) is 4.79 Å². The average Bonchev–Trinajstić information content (AvgIpc) is 2.92. The van der Waals surface area contributed by atoms with Crippen molar-refractivity contribution in [1.29, 1.82) is 0 Å². The lowest BCUT2D eigenvalue weighted by Crippen LogP contribution is -2.45. The van der Waals surface area contributed by atoms with Crippen LogP contribution >= 0.6 is 0 Å². The number of hydrogen-bond donors (Lipinski definition) is 4. The fourth-order valence-corrected chi connectivity index (χ4v) is 3.86. The molecule has 12 heteroatoms. The Morgan fingerprint density at radius 3 is 2.41 bits per heavy atom. The third-order valence-electron chi connectivity index (χ3n) is 5.60. The minimum atomic E-state index is -1.12. The van der Waals surface area contributed by atoms with E-state index in [1.807, 2.05) is 13.8 Å². The summed E-state index contributed by atoms with van der Waals surface area (Å²) in [6.45, 7) is 6.01. The number of aliphatic hydroxyl groups is 1. The number of allylic oxidation sites excluding steroid dienone is 1. The molecule has 39 heavy (non-hydrogen) atoms. The molecule has 2 amide bonds. The number of aliphatic hydroxyl groups excluding tert-OH is 1. The van der Waals surface area contributed by atoms with Gasteiger partial charge in [-0.2, -0.15) is 5.10 Å². The Bertz CT molecular complexity index is 1230. The number of urea groups is 1. The van der Waals surface area contributed by atoms with Crippen molar-refractivity contribution in [2.75, 3.05) is 34.0 Å². The van der Waals surface area contributed by atoms with E-state index in [1.165, 1.54) is 13.3 Å². The number of benzene rings is 2. The standard InChI is InChI=1S/C27H34N4O8/c1-6-37-21-12-17(8-10-19(21)35-4)14-28-31-23(32)15-39-20-11-9-18(13-22(20)38-7-2)25-24(26(33)36-5)16(3)29-27(34)30-25/h8-14,23,25,31-32H,6-7,15H2,1-5H3,(H2,29,30,34)/b28-14-/t23-,25-/m1/s1. The predicted molar refractivity (Wildman–Crippen MR) is 143 cm³/mol. The SMILES string of the molecule is CCOc1cc(/C=N\N[C@H](O)COc2ccc([C@H]3NC(=O)NC(C)=C3C(=O)OC)cc2OCC)ccc1OC. The Morgan fingerprint density at radius 1 is 1.05 bits per heavy atom. The highest BCUT2D eigenvalue weighted by atomic mass is 16.5. The number of carbonyl (C=O) groups excluding carboxylic acids is 2. The number of nitrogens with zero attached hydrogens (tertiary/aromatic N) is 1. The zero-order valence-electron chi connectivity index (χ0n) is 22.6. The molecule has 3 rings (SSSR count). The smallest absolute Gasteiger partial charge is 0.337 e. The normalized spacial score (nSPS) is 15.7. The summed E-state index contributed by atoms with van der Waals surface area (Å²) in [4.78, 5) is 24.5. The molecule has 0 spiro atoms. The minimum absolute atomic E-state index is 0.139. The third kappa shape index (κ3) is 7.54. The maximum absolute atomic E-state index is 12.4. The van der Waals surface area contributed by atoms with Crippen molar-refractivity contribution < 1.29 is 38.4 Å². The molecule has 2 aromatic rings. The molecule has 0 radical (unpaired) electrons. The maximum atomic E-state index is 12.4. The highest BCUT2D eigenvalue weighted by Crippen LogP contribution is 2.35. The first-order chi connectivity index (χ1) is 18.8. The maximum Gasteiger partial charge on any atom is 0.337 e.